The highest BCUT2D eigenvalue weighted by atomic mass is 79.9. The fourth-order valence-corrected chi connectivity index (χ4v) is 2.97. The molecule has 0 aromatic heterocycles. The zero-order chi connectivity index (χ0) is 11.8. The standard InChI is InChI=1S/C14H18BrNO/c1-9(10-2-3-10)16-13-6-7-17-14-5-4-11(15)8-12(13)14/h4-5,8-10,13,16H,2-3,6-7H2,1H3. The largest absolute Gasteiger partial charge is 0.493 e. The third-order valence-corrected chi connectivity index (χ3v) is 4.30. The van der Waals surface area contributed by atoms with E-state index in [1.54, 1.807) is 0 Å². The number of fused-ring (bicyclic) bond motifs is 1. The molecule has 1 aliphatic carbocycles. The Morgan fingerprint density at radius 3 is 2.94 bits per heavy atom. The number of halogens is 1. The summed E-state index contributed by atoms with van der Waals surface area (Å²) in [5, 5.41) is 3.76. The number of rotatable bonds is 3. The lowest BCUT2D eigenvalue weighted by molar-refractivity contribution is 0.242. The zero-order valence-corrected chi connectivity index (χ0v) is 11.7. The molecule has 2 unspecified atom stereocenters. The average Bonchev–Trinajstić information content (AvgIpc) is 3.13. The molecule has 1 aromatic rings. The van der Waals surface area contributed by atoms with Crippen LogP contribution in [0.3, 0.4) is 0 Å². The van der Waals surface area contributed by atoms with Gasteiger partial charge in [0.25, 0.3) is 0 Å². The molecule has 2 atom stereocenters. The van der Waals surface area contributed by atoms with Gasteiger partial charge in [-0.05, 0) is 43.9 Å². The SMILES string of the molecule is CC(NC1CCOc2ccc(Br)cc21)C1CC1. The smallest absolute Gasteiger partial charge is 0.124 e. The first-order chi connectivity index (χ1) is 8.24. The maximum atomic E-state index is 5.71. The van der Waals surface area contributed by atoms with Gasteiger partial charge < -0.3 is 10.1 Å². The van der Waals surface area contributed by atoms with Crippen molar-refractivity contribution in [3.05, 3.63) is 28.2 Å². The fraction of sp³-hybridized carbons (Fsp3) is 0.571. The van der Waals surface area contributed by atoms with Crippen LogP contribution in [0.4, 0.5) is 0 Å². The highest BCUT2D eigenvalue weighted by Gasteiger charge is 2.31. The van der Waals surface area contributed by atoms with E-state index in [0.717, 1.165) is 29.2 Å². The van der Waals surface area contributed by atoms with Gasteiger partial charge in [0, 0.05) is 28.5 Å². The van der Waals surface area contributed by atoms with Crippen molar-refractivity contribution < 1.29 is 4.74 Å². The molecule has 1 heterocycles. The molecule has 1 aromatic carbocycles. The molecule has 17 heavy (non-hydrogen) atoms. The van der Waals surface area contributed by atoms with Crippen molar-refractivity contribution in [1.29, 1.82) is 0 Å². The van der Waals surface area contributed by atoms with Crippen LogP contribution in [0, 0.1) is 5.92 Å². The van der Waals surface area contributed by atoms with Gasteiger partial charge in [0.05, 0.1) is 6.61 Å². The molecule has 0 saturated heterocycles. The fourth-order valence-electron chi connectivity index (χ4n) is 2.59. The Morgan fingerprint density at radius 2 is 2.18 bits per heavy atom. The Labute approximate surface area is 111 Å². The lowest BCUT2D eigenvalue weighted by Gasteiger charge is -2.29. The number of ether oxygens (including phenoxy) is 1. The van der Waals surface area contributed by atoms with Crippen LogP contribution >= 0.6 is 15.9 Å². The predicted octanol–water partition coefficient (Wildman–Crippen LogP) is 3.66. The lowest BCUT2D eigenvalue weighted by Crippen LogP contribution is -2.35. The second-order valence-corrected chi connectivity index (χ2v) is 6.08. The van der Waals surface area contributed by atoms with Crippen molar-refractivity contribution in [2.24, 2.45) is 5.92 Å². The molecule has 0 spiro atoms. The lowest BCUT2D eigenvalue weighted by atomic mass is 9.99. The van der Waals surface area contributed by atoms with E-state index in [1.807, 2.05) is 6.07 Å². The van der Waals surface area contributed by atoms with Gasteiger partial charge in [0.2, 0.25) is 0 Å². The highest BCUT2D eigenvalue weighted by molar-refractivity contribution is 9.10. The van der Waals surface area contributed by atoms with Crippen LogP contribution in [0.25, 0.3) is 0 Å². The topological polar surface area (TPSA) is 21.3 Å². The summed E-state index contributed by atoms with van der Waals surface area (Å²) in [6.45, 7) is 3.13. The van der Waals surface area contributed by atoms with Crippen LogP contribution in [0.15, 0.2) is 22.7 Å². The second-order valence-electron chi connectivity index (χ2n) is 5.16. The van der Waals surface area contributed by atoms with Crippen molar-refractivity contribution >= 4 is 15.9 Å². The Morgan fingerprint density at radius 1 is 1.35 bits per heavy atom. The van der Waals surface area contributed by atoms with Gasteiger partial charge in [-0.3, -0.25) is 0 Å². The molecule has 2 nitrogen and oxygen atoms in total. The third kappa shape index (κ3) is 2.50. The Hall–Kier alpha value is -0.540. The molecule has 1 aliphatic heterocycles. The maximum Gasteiger partial charge on any atom is 0.124 e. The molecule has 3 heteroatoms. The normalized spacial score (nSPS) is 24.9. The van der Waals surface area contributed by atoms with Crippen molar-refractivity contribution in [1.82, 2.24) is 5.32 Å². The molecule has 92 valence electrons. The summed E-state index contributed by atoms with van der Waals surface area (Å²) >= 11 is 3.54. The first-order valence-corrected chi connectivity index (χ1v) is 7.21. The minimum Gasteiger partial charge on any atom is -0.493 e. The number of hydrogen-bond donors (Lipinski definition) is 1. The first-order valence-electron chi connectivity index (χ1n) is 6.42. The van der Waals surface area contributed by atoms with Gasteiger partial charge in [-0.1, -0.05) is 15.9 Å². The Bertz CT molecular complexity index is 417. The van der Waals surface area contributed by atoms with E-state index >= 15 is 0 Å². The van der Waals surface area contributed by atoms with E-state index < -0.39 is 0 Å². The number of hydrogen-bond acceptors (Lipinski definition) is 2. The molecule has 1 saturated carbocycles. The molecule has 1 N–H and O–H groups in total. The van der Waals surface area contributed by atoms with E-state index in [2.05, 4.69) is 40.3 Å². The second kappa shape index (κ2) is 4.62. The van der Waals surface area contributed by atoms with Crippen LogP contribution < -0.4 is 10.1 Å². The van der Waals surface area contributed by atoms with E-state index in [0.29, 0.717) is 12.1 Å². The minimum absolute atomic E-state index is 0.451. The van der Waals surface area contributed by atoms with Crippen LogP contribution in [0.5, 0.6) is 5.75 Å². The predicted molar refractivity (Wildman–Crippen MR) is 72.3 cm³/mol. The summed E-state index contributed by atoms with van der Waals surface area (Å²) in [4.78, 5) is 0. The van der Waals surface area contributed by atoms with Gasteiger partial charge in [0.1, 0.15) is 5.75 Å². The molecule has 0 bridgehead atoms. The van der Waals surface area contributed by atoms with Crippen molar-refractivity contribution in [3.63, 3.8) is 0 Å². The molecule has 2 aliphatic rings. The van der Waals surface area contributed by atoms with Crippen molar-refractivity contribution in [3.8, 4) is 5.75 Å². The van der Waals surface area contributed by atoms with E-state index in [-0.39, 0.29) is 0 Å². The van der Waals surface area contributed by atoms with Crippen molar-refractivity contribution in [2.75, 3.05) is 6.61 Å². The molecule has 1 fully saturated rings. The number of benzene rings is 1. The van der Waals surface area contributed by atoms with Gasteiger partial charge in [-0.15, -0.1) is 0 Å². The summed E-state index contributed by atoms with van der Waals surface area (Å²) in [5.74, 6) is 1.94. The quantitative estimate of drug-likeness (QED) is 0.919. The van der Waals surface area contributed by atoms with Gasteiger partial charge in [0.15, 0.2) is 0 Å². The Kier molecular flexibility index (Phi) is 3.14. The van der Waals surface area contributed by atoms with Gasteiger partial charge >= 0.3 is 0 Å². The summed E-state index contributed by atoms with van der Waals surface area (Å²) < 4.78 is 6.84. The molecular weight excluding hydrogens is 278 g/mol. The molecule has 3 rings (SSSR count). The summed E-state index contributed by atoms with van der Waals surface area (Å²) in [6.07, 6.45) is 3.85. The average molecular weight is 296 g/mol. The van der Waals surface area contributed by atoms with E-state index in [4.69, 9.17) is 4.74 Å². The summed E-state index contributed by atoms with van der Waals surface area (Å²) in [5.41, 5.74) is 1.30. The van der Waals surface area contributed by atoms with Crippen molar-refractivity contribution in [2.45, 2.75) is 38.3 Å². The first kappa shape index (κ1) is 11.5. The van der Waals surface area contributed by atoms with Crippen LogP contribution in [0.2, 0.25) is 0 Å². The Balaban J connectivity index is 1.80. The molecular formula is C14H18BrNO. The minimum atomic E-state index is 0.451. The highest BCUT2D eigenvalue weighted by Crippen LogP contribution is 2.37. The van der Waals surface area contributed by atoms with E-state index in [9.17, 15) is 0 Å². The van der Waals surface area contributed by atoms with Gasteiger partial charge in [-0.25, -0.2) is 0 Å². The molecule has 0 radical (unpaired) electrons. The van der Waals surface area contributed by atoms with Gasteiger partial charge in [-0.2, -0.15) is 0 Å². The van der Waals surface area contributed by atoms with E-state index in [1.165, 1.54) is 18.4 Å². The zero-order valence-electron chi connectivity index (χ0n) is 10.1. The monoisotopic (exact) mass is 295 g/mol. The maximum absolute atomic E-state index is 5.71. The van der Waals surface area contributed by atoms with Crippen LogP contribution in [-0.4, -0.2) is 12.6 Å². The van der Waals surface area contributed by atoms with Crippen LogP contribution in [0.1, 0.15) is 37.8 Å². The third-order valence-electron chi connectivity index (χ3n) is 3.80. The molecule has 0 amide bonds. The summed E-state index contributed by atoms with van der Waals surface area (Å²) in [6, 6.07) is 7.38. The van der Waals surface area contributed by atoms with Crippen LogP contribution in [-0.2, 0) is 0 Å². The number of nitrogens with one attached hydrogen (secondary N) is 1. The summed E-state index contributed by atoms with van der Waals surface area (Å²) in [7, 11) is 0.